The number of carboxylic acid groups (broad SMARTS) is 1. The van der Waals surface area contributed by atoms with Gasteiger partial charge in [-0.05, 0) is 17.7 Å². The Labute approximate surface area is 150 Å². The normalized spacial score (nSPS) is 22.7. The summed E-state index contributed by atoms with van der Waals surface area (Å²) in [7, 11) is 1.51. The number of ether oxygens (including phenoxy) is 3. The summed E-state index contributed by atoms with van der Waals surface area (Å²) >= 11 is 0. The minimum Gasteiger partial charge on any atom is -0.479 e. The molecule has 1 aromatic carbocycles. The van der Waals surface area contributed by atoms with Crippen molar-refractivity contribution in [2.24, 2.45) is 0 Å². The van der Waals surface area contributed by atoms with Crippen LogP contribution >= 0.6 is 0 Å². The molecule has 0 spiro atoms. The van der Waals surface area contributed by atoms with E-state index in [0.717, 1.165) is 0 Å². The highest BCUT2D eigenvalue weighted by Crippen LogP contribution is 2.27. The number of carbonyl (C=O) groups is 2. The number of aliphatic carboxylic acids is 1. The van der Waals surface area contributed by atoms with Crippen LogP contribution < -0.4 is 10.1 Å². The smallest absolute Gasteiger partial charge is 0.333 e. The van der Waals surface area contributed by atoms with Crippen molar-refractivity contribution in [3.05, 3.63) is 29.3 Å². The molecule has 0 bridgehead atoms. The van der Waals surface area contributed by atoms with E-state index >= 15 is 0 Å². The van der Waals surface area contributed by atoms with Crippen LogP contribution in [0.25, 0.3) is 0 Å². The van der Waals surface area contributed by atoms with Gasteiger partial charge in [0.05, 0.1) is 24.9 Å². The van der Waals surface area contributed by atoms with Gasteiger partial charge in [0.15, 0.2) is 6.10 Å². The number of aliphatic hydroxyl groups is 2. The average molecular weight is 369 g/mol. The van der Waals surface area contributed by atoms with Crippen molar-refractivity contribution in [1.29, 1.82) is 0 Å². The fourth-order valence-electron chi connectivity index (χ4n) is 2.55. The summed E-state index contributed by atoms with van der Waals surface area (Å²) in [5.41, 5.74) is 0.686. The lowest BCUT2D eigenvalue weighted by molar-refractivity contribution is -0.195. The van der Waals surface area contributed by atoms with Crippen molar-refractivity contribution < 1.29 is 39.1 Å². The maximum absolute atomic E-state index is 12.4. The third kappa shape index (κ3) is 5.40. The van der Waals surface area contributed by atoms with Gasteiger partial charge >= 0.3 is 5.97 Å². The number of carbonyl (C=O) groups excluding carboxylic acids is 1. The van der Waals surface area contributed by atoms with Crippen LogP contribution in [0, 0.1) is 0 Å². The molecule has 0 saturated carbocycles. The van der Waals surface area contributed by atoms with E-state index in [1.54, 1.807) is 6.07 Å². The van der Waals surface area contributed by atoms with E-state index in [1.165, 1.54) is 19.2 Å². The van der Waals surface area contributed by atoms with Crippen molar-refractivity contribution in [1.82, 2.24) is 5.32 Å². The van der Waals surface area contributed by atoms with Gasteiger partial charge in [-0.2, -0.15) is 0 Å². The number of rotatable bonds is 8. The van der Waals surface area contributed by atoms with Gasteiger partial charge in [0.1, 0.15) is 5.75 Å². The largest absolute Gasteiger partial charge is 0.479 e. The molecule has 3 unspecified atom stereocenters. The van der Waals surface area contributed by atoms with E-state index in [9.17, 15) is 19.8 Å². The predicted octanol–water partition coefficient (Wildman–Crippen LogP) is -0.115. The number of methoxy groups -OCH3 is 1. The molecule has 1 fully saturated rings. The monoisotopic (exact) mass is 369 g/mol. The van der Waals surface area contributed by atoms with Crippen LogP contribution in [-0.4, -0.2) is 66.0 Å². The molecule has 9 heteroatoms. The van der Waals surface area contributed by atoms with Gasteiger partial charge < -0.3 is 34.8 Å². The van der Waals surface area contributed by atoms with Crippen molar-refractivity contribution in [2.45, 2.75) is 37.9 Å². The number of nitrogens with one attached hydrogen (secondary N) is 1. The average Bonchev–Trinajstić information content (AvgIpc) is 2.61. The van der Waals surface area contributed by atoms with E-state index in [0.29, 0.717) is 12.2 Å². The SMILES string of the molecule is COCCNC(=O)c1cc(CO)ccc1OC1CC(O)CC(C(=O)O)O1. The standard InChI is InChI=1S/C17H23NO8/c1-24-5-4-18-16(21)12-6-10(9-19)2-3-13(12)25-15-8-11(20)7-14(26-15)17(22)23/h2-3,6,11,14-15,19-20H,4-5,7-9H2,1H3,(H,18,21)(H,22,23). The Morgan fingerprint density at radius 3 is 2.77 bits per heavy atom. The van der Waals surface area contributed by atoms with Gasteiger partial charge in [0, 0.05) is 26.5 Å². The maximum atomic E-state index is 12.4. The fraction of sp³-hybridized carbons (Fsp3) is 0.529. The lowest BCUT2D eigenvalue weighted by Gasteiger charge is -2.31. The molecule has 144 valence electrons. The molecular formula is C17H23NO8. The molecule has 3 atom stereocenters. The Balaban J connectivity index is 2.16. The van der Waals surface area contributed by atoms with Crippen LogP contribution in [-0.2, 0) is 20.9 Å². The number of amides is 1. The van der Waals surface area contributed by atoms with Crippen molar-refractivity contribution in [3.63, 3.8) is 0 Å². The van der Waals surface area contributed by atoms with Gasteiger partial charge in [0.25, 0.3) is 5.91 Å². The lowest BCUT2D eigenvalue weighted by atomic mass is 10.0. The summed E-state index contributed by atoms with van der Waals surface area (Å²) < 4.78 is 15.9. The van der Waals surface area contributed by atoms with Gasteiger partial charge in [-0.25, -0.2) is 4.79 Å². The van der Waals surface area contributed by atoms with Crippen LogP contribution in [0.1, 0.15) is 28.8 Å². The first-order valence-corrected chi connectivity index (χ1v) is 8.18. The second-order valence-electron chi connectivity index (χ2n) is 5.87. The molecule has 4 N–H and O–H groups in total. The summed E-state index contributed by atoms with van der Waals surface area (Å²) in [5.74, 6) is -1.45. The number of carboxylic acids is 1. The first-order chi connectivity index (χ1) is 12.4. The number of aliphatic hydroxyl groups excluding tert-OH is 2. The van der Waals surface area contributed by atoms with E-state index < -0.39 is 30.4 Å². The molecule has 26 heavy (non-hydrogen) atoms. The van der Waals surface area contributed by atoms with E-state index in [1.807, 2.05) is 0 Å². The molecule has 0 radical (unpaired) electrons. The molecule has 1 aliphatic heterocycles. The van der Waals surface area contributed by atoms with E-state index in [4.69, 9.17) is 19.3 Å². The van der Waals surface area contributed by atoms with Crippen LogP contribution in [0.5, 0.6) is 5.75 Å². The third-order valence-corrected chi connectivity index (χ3v) is 3.86. The van der Waals surface area contributed by atoms with Crippen molar-refractivity contribution >= 4 is 11.9 Å². The predicted molar refractivity (Wildman–Crippen MR) is 88.7 cm³/mol. The summed E-state index contributed by atoms with van der Waals surface area (Å²) in [6, 6.07) is 4.55. The van der Waals surface area contributed by atoms with Crippen molar-refractivity contribution in [3.8, 4) is 5.75 Å². The Morgan fingerprint density at radius 1 is 1.35 bits per heavy atom. The quantitative estimate of drug-likeness (QED) is 0.466. The van der Waals surface area contributed by atoms with Crippen LogP contribution in [0.2, 0.25) is 0 Å². The van der Waals surface area contributed by atoms with E-state index in [2.05, 4.69) is 5.32 Å². The first-order valence-electron chi connectivity index (χ1n) is 8.18. The summed E-state index contributed by atoms with van der Waals surface area (Å²) in [6.45, 7) is 0.371. The van der Waals surface area contributed by atoms with Gasteiger partial charge in [-0.1, -0.05) is 6.07 Å². The molecule has 1 amide bonds. The van der Waals surface area contributed by atoms with Crippen LogP contribution in [0.3, 0.4) is 0 Å². The highest BCUT2D eigenvalue weighted by atomic mass is 16.7. The second kappa shape index (κ2) is 9.48. The van der Waals surface area contributed by atoms with Crippen molar-refractivity contribution in [2.75, 3.05) is 20.3 Å². The number of hydrogen-bond acceptors (Lipinski definition) is 7. The second-order valence-corrected chi connectivity index (χ2v) is 5.87. The minimum absolute atomic E-state index is 0.0248. The maximum Gasteiger partial charge on any atom is 0.333 e. The zero-order valence-electron chi connectivity index (χ0n) is 14.4. The molecule has 1 saturated heterocycles. The Kier molecular flexibility index (Phi) is 7.34. The molecule has 0 aromatic heterocycles. The molecule has 0 aliphatic carbocycles. The van der Waals surface area contributed by atoms with E-state index in [-0.39, 0.29) is 37.3 Å². The van der Waals surface area contributed by atoms with Crippen LogP contribution in [0.4, 0.5) is 0 Å². The van der Waals surface area contributed by atoms with Gasteiger partial charge in [0.2, 0.25) is 6.29 Å². The minimum atomic E-state index is -1.19. The molecule has 1 aliphatic rings. The Hall–Kier alpha value is -2.20. The molecule has 9 nitrogen and oxygen atoms in total. The number of hydrogen-bond donors (Lipinski definition) is 4. The van der Waals surface area contributed by atoms with Gasteiger partial charge in [-0.15, -0.1) is 0 Å². The summed E-state index contributed by atoms with van der Waals surface area (Å²) in [6.07, 6.45) is -3.02. The van der Waals surface area contributed by atoms with Gasteiger partial charge in [-0.3, -0.25) is 4.79 Å². The zero-order chi connectivity index (χ0) is 19.1. The lowest BCUT2D eigenvalue weighted by Crippen LogP contribution is -2.42. The Morgan fingerprint density at radius 2 is 2.12 bits per heavy atom. The molecule has 1 aromatic rings. The third-order valence-electron chi connectivity index (χ3n) is 3.86. The Bertz CT molecular complexity index is 635. The number of benzene rings is 1. The summed E-state index contributed by atoms with van der Waals surface area (Å²) in [4.78, 5) is 23.5. The fourth-order valence-corrected chi connectivity index (χ4v) is 2.55. The van der Waals surface area contributed by atoms with Crippen LogP contribution in [0.15, 0.2) is 18.2 Å². The summed E-state index contributed by atoms with van der Waals surface area (Å²) in [5, 5.41) is 30.8. The first kappa shape index (κ1) is 20.1. The molecular weight excluding hydrogens is 346 g/mol. The highest BCUT2D eigenvalue weighted by molar-refractivity contribution is 5.97. The molecule has 2 rings (SSSR count). The highest BCUT2D eigenvalue weighted by Gasteiger charge is 2.34. The zero-order valence-corrected chi connectivity index (χ0v) is 14.4. The molecule has 1 heterocycles. The topological polar surface area (TPSA) is 135 Å².